The van der Waals surface area contributed by atoms with Gasteiger partial charge in [0.05, 0.1) is 4.92 Å². The Morgan fingerprint density at radius 1 is 1.31 bits per heavy atom. The average molecular weight is 354 g/mol. The predicted molar refractivity (Wildman–Crippen MR) is 91.0 cm³/mol. The van der Waals surface area contributed by atoms with E-state index in [0.717, 1.165) is 0 Å². The Morgan fingerprint density at radius 3 is 2.73 bits per heavy atom. The maximum Gasteiger partial charge on any atom is 0.280 e. The molecule has 0 unspecified atom stereocenters. The number of nitro groups is 1. The molecule has 26 heavy (non-hydrogen) atoms. The largest absolute Gasteiger partial charge is 0.457 e. The van der Waals surface area contributed by atoms with Crippen molar-refractivity contribution in [1.82, 2.24) is 10.9 Å². The maximum atomic E-state index is 11.9. The molecule has 1 aromatic heterocycles. The molecule has 0 aliphatic carbocycles. The lowest BCUT2D eigenvalue weighted by Gasteiger charge is -2.04. The lowest BCUT2D eigenvalue weighted by Crippen LogP contribution is -2.41. The highest BCUT2D eigenvalue weighted by atomic mass is 16.6. The zero-order chi connectivity index (χ0) is 19.1. The molecule has 0 saturated heterocycles. The van der Waals surface area contributed by atoms with Crippen molar-refractivity contribution in [3.05, 3.63) is 57.8 Å². The summed E-state index contributed by atoms with van der Waals surface area (Å²) in [5, 5.41) is 19.9. The van der Waals surface area contributed by atoms with E-state index >= 15 is 0 Å². The lowest BCUT2D eigenvalue weighted by atomic mass is 10.1. The average Bonchev–Trinajstić information content (AvgIpc) is 3.12. The number of carbonyl (C=O) groups is 2. The molecule has 2 amide bonds. The molecule has 0 spiro atoms. The van der Waals surface area contributed by atoms with Crippen LogP contribution in [0.25, 0.3) is 17.4 Å². The van der Waals surface area contributed by atoms with Gasteiger partial charge in [-0.05, 0) is 12.1 Å². The second-order valence-electron chi connectivity index (χ2n) is 5.04. The first-order chi connectivity index (χ1) is 12.4. The van der Waals surface area contributed by atoms with Crippen LogP contribution in [0.15, 0.2) is 46.4 Å². The minimum atomic E-state index is -0.789. The van der Waals surface area contributed by atoms with E-state index in [4.69, 9.17) is 9.68 Å². The summed E-state index contributed by atoms with van der Waals surface area (Å²) in [6.07, 6.45) is 1.38. The molecule has 2 aromatic rings. The minimum Gasteiger partial charge on any atom is -0.457 e. The van der Waals surface area contributed by atoms with Crippen LogP contribution in [0.1, 0.15) is 19.1 Å². The van der Waals surface area contributed by atoms with Gasteiger partial charge in [0.1, 0.15) is 23.2 Å². The molecule has 0 fully saturated rings. The molecule has 0 aliphatic heterocycles. The number of benzene rings is 1. The number of hydrogen-bond donors (Lipinski definition) is 2. The Kier molecular flexibility index (Phi) is 5.84. The smallest absolute Gasteiger partial charge is 0.280 e. The quantitative estimate of drug-likeness (QED) is 0.366. The van der Waals surface area contributed by atoms with Crippen molar-refractivity contribution < 1.29 is 18.9 Å². The predicted octanol–water partition coefficient (Wildman–Crippen LogP) is 2.32. The highest BCUT2D eigenvalue weighted by molar-refractivity contribution is 6.02. The third-order valence-electron chi connectivity index (χ3n) is 3.26. The van der Waals surface area contributed by atoms with Crippen molar-refractivity contribution in [3.63, 3.8) is 0 Å². The number of nitro benzene ring substituents is 1. The first-order valence-corrected chi connectivity index (χ1v) is 7.50. The number of furan rings is 1. The number of amides is 2. The Hall–Kier alpha value is -3.93. The number of rotatable bonds is 5. The summed E-state index contributed by atoms with van der Waals surface area (Å²) in [6.45, 7) is 1.61. The number of nitrogens with zero attached hydrogens (tertiary/aromatic N) is 2. The highest BCUT2D eigenvalue weighted by Crippen LogP contribution is 2.26. The van der Waals surface area contributed by atoms with Crippen LogP contribution in [0.5, 0.6) is 0 Å². The van der Waals surface area contributed by atoms with Crippen LogP contribution >= 0.6 is 0 Å². The molecule has 0 radical (unpaired) electrons. The van der Waals surface area contributed by atoms with Crippen LogP contribution in [-0.2, 0) is 9.59 Å². The highest BCUT2D eigenvalue weighted by Gasteiger charge is 2.13. The first kappa shape index (κ1) is 18.4. The fourth-order valence-electron chi connectivity index (χ4n) is 1.93. The second-order valence-corrected chi connectivity index (χ2v) is 5.04. The van der Waals surface area contributed by atoms with E-state index in [9.17, 15) is 19.7 Å². The Balaban J connectivity index is 2.20. The van der Waals surface area contributed by atoms with Gasteiger partial charge >= 0.3 is 0 Å². The van der Waals surface area contributed by atoms with Crippen molar-refractivity contribution in [3.8, 4) is 17.4 Å². The van der Waals surface area contributed by atoms with Crippen LogP contribution in [0, 0.1) is 21.4 Å². The number of non-ortho nitro benzene ring substituents is 1. The van der Waals surface area contributed by atoms with Crippen molar-refractivity contribution >= 4 is 23.6 Å². The number of hydrogen-bond acceptors (Lipinski definition) is 6. The molecule has 0 saturated carbocycles. The number of nitriles is 1. The fourth-order valence-corrected chi connectivity index (χ4v) is 1.93. The zero-order valence-electron chi connectivity index (χ0n) is 13.7. The summed E-state index contributed by atoms with van der Waals surface area (Å²) in [5.74, 6) is -0.638. The van der Waals surface area contributed by atoms with E-state index in [2.05, 4.69) is 10.9 Å². The summed E-state index contributed by atoms with van der Waals surface area (Å²) < 4.78 is 5.52. The topological polar surface area (TPSA) is 138 Å². The van der Waals surface area contributed by atoms with Crippen LogP contribution < -0.4 is 10.9 Å². The van der Waals surface area contributed by atoms with Crippen molar-refractivity contribution in [2.75, 3.05) is 0 Å². The summed E-state index contributed by atoms with van der Waals surface area (Å²) in [6, 6.07) is 10.7. The van der Waals surface area contributed by atoms with Gasteiger partial charge in [-0.15, -0.1) is 0 Å². The second kappa shape index (κ2) is 8.25. The molecule has 0 atom stereocenters. The number of carbonyl (C=O) groups excluding carboxylic acids is 2. The van der Waals surface area contributed by atoms with E-state index in [0.29, 0.717) is 11.3 Å². The molecule has 2 rings (SSSR count). The van der Waals surface area contributed by atoms with Gasteiger partial charge in [0, 0.05) is 30.2 Å². The standard InChI is InChI=1S/C17H14N4O5/c1-2-16(22)19-20-17(23)12(10-18)9-14-6-7-15(26-14)11-4-3-5-13(8-11)21(24)25/h3-9H,2H2,1H3,(H,19,22)(H,20,23)/b12-9+. The Labute approximate surface area is 148 Å². The molecule has 0 bridgehead atoms. The Bertz CT molecular complexity index is 923. The van der Waals surface area contributed by atoms with Crippen LogP contribution in [0.2, 0.25) is 0 Å². The molecule has 9 nitrogen and oxygen atoms in total. The summed E-state index contributed by atoms with van der Waals surface area (Å²) in [7, 11) is 0. The molecule has 1 heterocycles. The van der Waals surface area contributed by atoms with E-state index in [-0.39, 0.29) is 23.4 Å². The van der Waals surface area contributed by atoms with Gasteiger partial charge in [-0.25, -0.2) is 0 Å². The molecule has 9 heteroatoms. The first-order valence-electron chi connectivity index (χ1n) is 7.50. The van der Waals surface area contributed by atoms with Gasteiger partial charge in [0.15, 0.2) is 0 Å². The monoisotopic (exact) mass is 354 g/mol. The van der Waals surface area contributed by atoms with Crippen molar-refractivity contribution in [2.45, 2.75) is 13.3 Å². The van der Waals surface area contributed by atoms with E-state index < -0.39 is 16.7 Å². The van der Waals surface area contributed by atoms with Crippen LogP contribution in [0.4, 0.5) is 5.69 Å². The van der Waals surface area contributed by atoms with Gasteiger partial charge in [0.25, 0.3) is 11.6 Å². The number of nitrogens with one attached hydrogen (secondary N) is 2. The van der Waals surface area contributed by atoms with Gasteiger partial charge in [-0.3, -0.25) is 30.6 Å². The van der Waals surface area contributed by atoms with E-state index in [1.165, 1.54) is 30.3 Å². The molecule has 1 aromatic carbocycles. The molecule has 2 N–H and O–H groups in total. The summed E-state index contributed by atoms with van der Waals surface area (Å²) >= 11 is 0. The molecule has 132 valence electrons. The molecular weight excluding hydrogens is 340 g/mol. The lowest BCUT2D eigenvalue weighted by molar-refractivity contribution is -0.384. The minimum absolute atomic E-state index is 0.0836. The third kappa shape index (κ3) is 4.55. The van der Waals surface area contributed by atoms with Crippen LogP contribution in [0.3, 0.4) is 0 Å². The van der Waals surface area contributed by atoms with E-state index in [1.807, 2.05) is 0 Å². The van der Waals surface area contributed by atoms with Gasteiger partial charge < -0.3 is 4.42 Å². The molecular formula is C17H14N4O5. The summed E-state index contributed by atoms with van der Waals surface area (Å²) in [4.78, 5) is 33.3. The number of hydrazine groups is 1. The van der Waals surface area contributed by atoms with E-state index in [1.54, 1.807) is 25.1 Å². The van der Waals surface area contributed by atoms with Crippen molar-refractivity contribution in [1.29, 1.82) is 5.26 Å². The third-order valence-corrected chi connectivity index (χ3v) is 3.26. The Morgan fingerprint density at radius 2 is 2.08 bits per heavy atom. The maximum absolute atomic E-state index is 11.9. The van der Waals surface area contributed by atoms with Crippen molar-refractivity contribution in [2.24, 2.45) is 0 Å². The summed E-state index contributed by atoms with van der Waals surface area (Å²) in [5.41, 5.74) is 4.40. The van der Waals surface area contributed by atoms with Gasteiger partial charge in [-0.2, -0.15) is 5.26 Å². The fraction of sp³-hybridized carbons (Fsp3) is 0.118. The SMILES string of the molecule is CCC(=O)NNC(=O)/C(C#N)=C/c1ccc(-c2cccc([N+](=O)[O-])c2)o1. The van der Waals surface area contributed by atoms with Crippen LogP contribution in [-0.4, -0.2) is 16.7 Å². The van der Waals surface area contributed by atoms with Gasteiger partial charge in [-0.1, -0.05) is 19.1 Å². The molecule has 0 aliphatic rings. The van der Waals surface area contributed by atoms with Gasteiger partial charge in [0.2, 0.25) is 5.91 Å². The zero-order valence-corrected chi connectivity index (χ0v) is 13.7. The normalized spacial score (nSPS) is 10.7.